The van der Waals surface area contributed by atoms with E-state index >= 15 is 0 Å². The first-order chi connectivity index (χ1) is 10.0. The molecule has 0 saturated heterocycles. The number of nitriles is 1. The molecule has 2 rings (SSSR count). The van der Waals surface area contributed by atoms with E-state index in [0.717, 1.165) is 31.3 Å². The minimum atomic E-state index is -0.425. The van der Waals surface area contributed by atoms with Crippen LogP contribution < -0.4 is 5.32 Å². The molecular weight excluding hydrogens is 260 g/mol. The number of fused-ring (bicyclic) bond motifs is 1. The second-order valence-electron chi connectivity index (χ2n) is 6.13. The smallest absolute Gasteiger partial charge is 0.104 e. The largest absolute Gasteiger partial charge is 0.331 e. The van der Waals surface area contributed by atoms with Gasteiger partial charge in [-0.3, -0.25) is 5.32 Å². The Morgan fingerprint density at radius 1 is 1.33 bits per heavy atom. The predicted molar refractivity (Wildman–Crippen MR) is 85.9 cm³/mol. The fraction of sp³-hybridized carbons (Fsp3) is 0.529. The van der Waals surface area contributed by atoms with Gasteiger partial charge in [-0.25, -0.2) is 4.98 Å². The molecule has 0 bridgehead atoms. The summed E-state index contributed by atoms with van der Waals surface area (Å²) in [6.07, 6.45) is 4.85. The van der Waals surface area contributed by atoms with Gasteiger partial charge in [0.1, 0.15) is 5.54 Å². The zero-order valence-corrected chi connectivity index (χ0v) is 13.1. The zero-order valence-electron chi connectivity index (χ0n) is 13.1. The number of hydrogen-bond acceptors (Lipinski definition) is 3. The van der Waals surface area contributed by atoms with Crippen LogP contribution in [0.4, 0.5) is 0 Å². The van der Waals surface area contributed by atoms with Crippen LogP contribution in [0, 0.1) is 11.3 Å². The minimum Gasteiger partial charge on any atom is -0.331 e. The number of aryl methyl sites for hydroxylation is 1. The molecule has 0 aliphatic carbocycles. The molecule has 4 nitrogen and oxygen atoms in total. The Bertz CT molecular complexity index is 623. The average Bonchev–Trinajstić information content (AvgIpc) is 2.86. The topological polar surface area (TPSA) is 53.6 Å². The first-order valence-corrected chi connectivity index (χ1v) is 7.63. The highest BCUT2D eigenvalue weighted by Gasteiger charge is 2.23. The maximum absolute atomic E-state index is 9.33. The maximum Gasteiger partial charge on any atom is 0.104 e. The van der Waals surface area contributed by atoms with Crippen LogP contribution in [0.3, 0.4) is 0 Å². The van der Waals surface area contributed by atoms with Gasteiger partial charge in [0.15, 0.2) is 0 Å². The number of imidazole rings is 1. The van der Waals surface area contributed by atoms with Crippen LogP contribution in [0.5, 0.6) is 0 Å². The number of rotatable bonds is 7. The zero-order chi connectivity index (χ0) is 15.3. The molecule has 1 aromatic heterocycles. The summed E-state index contributed by atoms with van der Waals surface area (Å²) in [5.74, 6) is 0. The number of hydrogen-bond donors (Lipinski definition) is 1. The summed E-state index contributed by atoms with van der Waals surface area (Å²) in [6.45, 7) is 7.09. The number of nitrogens with zero attached hydrogens (tertiary/aromatic N) is 3. The fourth-order valence-electron chi connectivity index (χ4n) is 2.75. The van der Waals surface area contributed by atoms with E-state index in [1.807, 2.05) is 31.5 Å². The third-order valence-electron chi connectivity index (χ3n) is 3.71. The number of nitrogens with one attached hydrogen (secondary N) is 1. The molecule has 112 valence electrons. The maximum atomic E-state index is 9.33. The van der Waals surface area contributed by atoms with Crippen LogP contribution in [-0.4, -0.2) is 21.1 Å². The second kappa shape index (κ2) is 6.73. The predicted octanol–water partition coefficient (Wildman–Crippen LogP) is 3.49. The van der Waals surface area contributed by atoms with E-state index in [2.05, 4.69) is 40.9 Å². The van der Waals surface area contributed by atoms with Crippen molar-refractivity contribution in [1.82, 2.24) is 14.9 Å². The summed E-state index contributed by atoms with van der Waals surface area (Å²) in [6, 6.07) is 10.9. The second-order valence-corrected chi connectivity index (χ2v) is 6.13. The SMILES string of the molecule is CC(C)NC(C)(C#N)CCCCn1cnc2ccccc21. The van der Waals surface area contributed by atoms with E-state index in [1.165, 1.54) is 5.52 Å². The van der Waals surface area contributed by atoms with Crippen molar-refractivity contribution in [3.63, 3.8) is 0 Å². The third kappa shape index (κ3) is 4.05. The Morgan fingerprint density at radius 3 is 2.81 bits per heavy atom. The molecule has 4 heteroatoms. The van der Waals surface area contributed by atoms with Gasteiger partial charge in [0, 0.05) is 12.6 Å². The van der Waals surface area contributed by atoms with Gasteiger partial charge >= 0.3 is 0 Å². The van der Waals surface area contributed by atoms with E-state index in [-0.39, 0.29) is 0 Å². The van der Waals surface area contributed by atoms with E-state index in [0.29, 0.717) is 6.04 Å². The highest BCUT2D eigenvalue weighted by atomic mass is 15.0. The number of benzene rings is 1. The van der Waals surface area contributed by atoms with Crippen molar-refractivity contribution < 1.29 is 0 Å². The van der Waals surface area contributed by atoms with Gasteiger partial charge in [-0.2, -0.15) is 5.26 Å². The molecule has 21 heavy (non-hydrogen) atoms. The highest BCUT2D eigenvalue weighted by Crippen LogP contribution is 2.16. The minimum absolute atomic E-state index is 0.326. The van der Waals surface area contributed by atoms with Gasteiger partial charge < -0.3 is 4.57 Å². The normalized spacial score (nSPS) is 14.2. The Labute approximate surface area is 126 Å². The lowest BCUT2D eigenvalue weighted by atomic mass is 9.95. The fourth-order valence-corrected chi connectivity index (χ4v) is 2.75. The van der Waals surface area contributed by atoms with Crippen LogP contribution in [0.1, 0.15) is 40.0 Å². The summed E-state index contributed by atoms with van der Waals surface area (Å²) in [7, 11) is 0. The van der Waals surface area contributed by atoms with Crippen molar-refractivity contribution in [2.75, 3.05) is 0 Å². The molecule has 2 aromatic rings. The molecule has 1 atom stereocenters. The highest BCUT2D eigenvalue weighted by molar-refractivity contribution is 5.74. The molecule has 1 heterocycles. The molecular formula is C17H24N4. The summed E-state index contributed by atoms with van der Waals surface area (Å²) in [5.41, 5.74) is 1.80. The summed E-state index contributed by atoms with van der Waals surface area (Å²) < 4.78 is 2.19. The summed E-state index contributed by atoms with van der Waals surface area (Å²) >= 11 is 0. The van der Waals surface area contributed by atoms with Crippen LogP contribution >= 0.6 is 0 Å². The Morgan fingerprint density at radius 2 is 2.10 bits per heavy atom. The summed E-state index contributed by atoms with van der Waals surface area (Å²) in [5, 5.41) is 12.7. The molecule has 0 amide bonds. The monoisotopic (exact) mass is 284 g/mol. The van der Waals surface area contributed by atoms with Gasteiger partial charge in [-0.15, -0.1) is 0 Å². The van der Waals surface area contributed by atoms with Crippen molar-refractivity contribution >= 4 is 11.0 Å². The Kier molecular flexibility index (Phi) is 4.98. The molecule has 0 radical (unpaired) electrons. The van der Waals surface area contributed by atoms with E-state index in [4.69, 9.17) is 0 Å². The summed E-state index contributed by atoms with van der Waals surface area (Å²) in [4.78, 5) is 4.40. The van der Waals surface area contributed by atoms with Crippen LogP contribution in [0.2, 0.25) is 0 Å². The van der Waals surface area contributed by atoms with Crippen LogP contribution in [-0.2, 0) is 6.54 Å². The van der Waals surface area contributed by atoms with Crippen molar-refractivity contribution in [3.8, 4) is 6.07 Å². The lowest BCUT2D eigenvalue weighted by Gasteiger charge is -2.25. The van der Waals surface area contributed by atoms with Crippen LogP contribution in [0.15, 0.2) is 30.6 Å². The molecule has 0 saturated carbocycles. The molecule has 0 aliphatic rings. The molecule has 0 fully saturated rings. The van der Waals surface area contributed by atoms with Crippen molar-refractivity contribution in [1.29, 1.82) is 5.26 Å². The first kappa shape index (κ1) is 15.5. The number of unbranched alkanes of at least 4 members (excludes halogenated alkanes) is 1. The van der Waals surface area contributed by atoms with E-state index in [9.17, 15) is 5.26 Å². The standard InChI is InChI=1S/C17H24N4/c1-14(2)20-17(3,12-18)10-6-7-11-21-13-19-15-8-4-5-9-16(15)21/h4-5,8-9,13-14,20H,6-7,10-11H2,1-3H3. The molecule has 1 N–H and O–H groups in total. The number of aromatic nitrogens is 2. The van der Waals surface area contributed by atoms with E-state index in [1.54, 1.807) is 0 Å². The lowest BCUT2D eigenvalue weighted by Crippen LogP contribution is -2.44. The molecule has 1 unspecified atom stereocenters. The molecule has 0 spiro atoms. The van der Waals surface area contributed by atoms with Gasteiger partial charge in [-0.1, -0.05) is 12.1 Å². The van der Waals surface area contributed by atoms with Gasteiger partial charge in [-0.05, 0) is 52.2 Å². The molecule has 0 aliphatic heterocycles. The average molecular weight is 284 g/mol. The van der Waals surface area contributed by atoms with Crippen molar-refractivity contribution in [2.24, 2.45) is 0 Å². The Balaban J connectivity index is 1.86. The van der Waals surface area contributed by atoms with Gasteiger partial charge in [0.05, 0.1) is 23.4 Å². The van der Waals surface area contributed by atoms with E-state index < -0.39 is 5.54 Å². The Hall–Kier alpha value is -1.86. The van der Waals surface area contributed by atoms with Crippen molar-refractivity contribution in [2.45, 2.75) is 58.2 Å². The molecule has 1 aromatic carbocycles. The van der Waals surface area contributed by atoms with Crippen molar-refractivity contribution in [3.05, 3.63) is 30.6 Å². The quantitative estimate of drug-likeness (QED) is 0.792. The number of para-hydroxylation sites is 2. The first-order valence-electron chi connectivity index (χ1n) is 7.63. The van der Waals surface area contributed by atoms with Crippen LogP contribution in [0.25, 0.3) is 11.0 Å². The van der Waals surface area contributed by atoms with Gasteiger partial charge in [0.2, 0.25) is 0 Å². The lowest BCUT2D eigenvalue weighted by molar-refractivity contribution is 0.366. The van der Waals surface area contributed by atoms with Gasteiger partial charge in [0.25, 0.3) is 0 Å². The third-order valence-corrected chi connectivity index (χ3v) is 3.71.